The highest BCUT2D eigenvalue weighted by atomic mass is 35.5. The zero-order valence-electron chi connectivity index (χ0n) is 12.0. The average Bonchev–Trinajstić information content (AvgIpc) is 2.41. The third-order valence-electron chi connectivity index (χ3n) is 3.54. The van der Waals surface area contributed by atoms with Crippen LogP contribution in [0.15, 0.2) is 42.5 Å². The summed E-state index contributed by atoms with van der Waals surface area (Å²) in [6.07, 6.45) is 1.92. The summed E-state index contributed by atoms with van der Waals surface area (Å²) in [6, 6.07) is 14.9. The number of hydrogen-bond acceptors (Lipinski definition) is 0. The lowest BCUT2D eigenvalue weighted by Gasteiger charge is -2.15. The van der Waals surface area contributed by atoms with Gasteiger partial charge in [0.15, 0.2) is 0 Å². The quantitative estimate of drug-likeness (QED) is 0.631. The van der Waals surface area contributed by atoms with Gasteiger partial charge in [0.2, 0.25) is 0 Å². The Morgan fingerprint density at radius 3 is 2.35 bits per heavy atom. The maximum atomic E-state index is 6.32. The summed E-state index contributed by atoms with van der Waals surface area (Å²) in [5.41, 5.74) is 5.03. The van der Waals surface area contributed by atoms with Gasteiger partial charge in [-0.3, -0.25) is 0 Å². The summed E-state index contributed by atoms with van der Waals surface area (Å²) in [5, 5.41) is 0.851. The molecule has 1 atom stereocenters. The number of hydrogen-bond donors (Lipinski definition) is 0. The minimum absolute atomic E-state index is 0.415. The van der Waals surface area contributed by atoms with Gasteiger partial charge in [0.05, 0.1) is 0 Å². The molecule has 0 bridgehead atoms. The van der Waals surface area contributed by atoms with E-state index in [0.717, 1.165) is 17.9 Å². The fraction of sp³-hybridized carbons (Fsp3) is 0.333. The van der Waals surface area contributed by atoms with Gasteiger partial charge >= 0.3 is 0 Å². The fourth-order valence-corrected chi connectivity index (χ4v) is 3.01. The summed E-state index contributed by atoms with van der Waals surface area (Å²) in [5.74, 6) is 1.07. The second kappa shape index (κ2) is 7.15. The van der Waals surface area contributed by atoms with E-state index in [1.165, 1.54) is 22.3 Å². The van der Waals surface area contributed by atoms with Crippen molar-refractivity contribution in [2.24, 2.45) is 5.92 Å². The zero-order chi connectivity index (χ0) is 14.5. The Kier molecular flexibility index (Phi) is 5.51. The van der Waals surface area contributed by atoms with Gasteiger partial charge in [-0.25, -0.2) is 0 Å². The number of halogens is 2. The number of alkyl halides is 1. The van der Waals surface area contributed by atoms with Crippen molar-refractivity contribution < 1.29 is 0 Å². The first-order chi connectivity index (χ1) is 9.58. The molecule has 0 aliphatic rings. The van der Waals surface area contributed by atoms with E-state index in [1.807, 2.05) is 6.07 Å². The Morgan fingerprint density at radius 2 is 1.70 bits per heavy atom. The Labute approximate surface area is 131 Å². The average molecular weight is 307 g/mol. The first-order valence-electron chi connectivity index (χ1n) is 6.95. The summed E-state index contributed by atoms with van der Waals surface area (Å²) in [6.45, 7) is 4.18. The summed E-state index contributed by atoms with van der Waals surface area (Å²) in [7, 11) is 0. The largest absolute Gasteiger partial charge is 0.126 e. The molecule has 2 aromatic rings. The van der Waals surface area contributed by atoms with E-state index < -0.39 is 0 Å². The van der Waals surface area contributed by atoms with Gasteiger partial charge in [-0.1, -0.05) is 53.6 Å². The SMILES string of the molecule is Cc1cccc(CC(CCl)Cc2ccc(C)cc2Cl)c1. The van der Waals surface area contributed by atoms with Crippen molar-refractivity contribution in [1.82, 2.24) is 0 Å². The van der Waals surface area contributed by atoms with Crippen molar-refractivity contribution in [2.75, 3.05) is 5.88 Å². The van der Waals surface area contributed by atoms with Crippen LogP contribution in [-0.2, 0) is 12.8 Å². The molecular formula is C18H20Cl2. The molecule has 0 amide bonds. The molecule has 0 aliphatic carbocycles. The van der Waals surface area contributed by atoms with Crippen molar-refractivity contribution in [3.05, 3.63) is 69.7 Å². The molecule has 0 aliphatic heterocycles. The van der Waals surface area contributed by atoms with Gasteiger partial charge < -0.3 is 0 Å². The van der Waals surface area contributed by atoms with E-state index in [0.29, 0.717) is 11.8 Å². The number of rotatable bonds is 5. The van der Waals surface area contributed by atoms with Gasteiger partial charge in [0.25, 0.3) is 0 Å². The van der Waals surface area contributed by atoms with Crippen molar-refractivity contribution in [1.29, 1.82) is 0 Å². The molecule has 2 aromatic carbocycles. The first kappa shape index (κ1) is 15.4. The second-order valence-corrected chi connectivity index (χ2v) is 6.23. The zero-order valence-corrected chi connectivity index (χ0v) is 13.5. The molecule has 2 heteroatoms. The Balaban J connectivity index is 2.09. The Morgan fingerprint density at radius 1 is 0.950 bits per heavy atom. The molecule has 106 valence electrons. The maximum Gasteiger partial charge on any atom is 0.0440 e. The van der Waals surface area contributed by atoms with Gasteiger partial charge in [-0.2, -0.15) is 0 Å². The van der Waals surface area contributed by atoms with E-state index in [2.05, 4.69) is 50.2 Å². The highest BCUT2D eigenvalue weighted by Gasteiger charge is 2.12. The van der Waals surface area contributed by atoms with Crippen molar-refractivity contribution in [3.63, 3.8) is 0 Å². The van der Waals surface area contributed by atoms with Crippen LogP contribution in [0.5, 0.6) is 0 Å². The van der Waals surface area contributed by atoms with Crippen LogP contribution in [0, 0.1) is 19.8 Å². The van der Waals surface area contributed by atoms with E-state index in [9.17, 15) is 0 Å². The highest BCUT2D eigenvalue weighted by molar-refractivity contribution is 6.31. The molecule has 20 heavy (non-hydrogen) atoms. The molecule has 1 unspecified atom stereocenters. The van der Waals surface area contributed by atoms with Crippen LogP contribution in [-0.4, -0.2) is 5.88 Å². The molecule has 0 aromatic heterocycles. The lowest BCUT2D eigenvalue weighted by atomic mass is 9.93. The molecule has 0 heterocycles. The van der Waals surface area contributed by atoms with Gasteiger partial charge in [0, 0.05) is 10.9 Å². The molecule has 0 saturated heterocycles. The molecule has 2 rings (SSSR count). The third-order valence-corrected chi connectivity index (χ3v) is 4.33. The second-order valence-electron chi connectivity index (χ2n) is 5.51. The Hall–Kier alpha value is -0.980. The first-order valence-corrected chi connectivity index (χ1v) is 7.86. The van der Waals surface area contributed by atoms with Gasteiger partial charge in [-0.05, 0) is 55.4 Å². The number of benzene rings is 2. The monoisotopic (exact) mass is 306 g/mol. The highest BCUT2D eigenvalue weighted by Crippen LogP contribution is 2.23. The molecular weight excluding hydrogens is 287 g/mol. The van der Waals surface area contributed by atoms with Gasteiger partial charge in [0.1, 0.15) is 0 Å². The number of aryl methyl sites for hydroxylation is 2. The van der Waals surface area contributed by atoms with E-state index in [4.69, 9.17) is 23.2 Å². The molecule has 0 nitrogen and oxygen atoms in total. The van der Waals surface area contributed by atoms with Crippen LogP contribution < -0.4 is 0 Å². The molecule has 0 saturated carbocycles. The van der Waals surface area contributed by atoms with Crippen LogP contribution in [0.25, 0.3) is 0 Å². The van der Waals surface area contributed by atoms with E-state index in [-0.39, 0.29) is 0 Å². The smallest absolute Gasteiger partial charge is 0.0440 e. The minimum atomic E-state index is 0.415. The summed E-state index contributed by atoms with van der Waals surface area (Å²) >= 11 is 12.5. The van der Waals surface area contributed by atoms with Crippen molar-refractivity contribution in [2.45, 2.75) is 26.7 Å². The topological polar surface area (TPSA) is 0 Å². The van der Waals surface area contributed by atoms with Crippen LogP contribution in [0.1, 0.15) is 22.3 Å². The predicted molar refractivity (Wildman–Crippen MR) is 89.0 cm³/mol. The van der Waals surface area contributed by atoms with Crippen LogP contribution in [0.4, 0.5) is 0 Å². The minimum Gasteiger partial charge on any atom is -0.126 e. The van der Waals surface area contributed by atoms with Crippen LogP contribution >= 0.6 is 23.2 Å². The molecule has 0 N–H and O–H groups in total. The van der Waals surface area contributed by atoms with Gasteiger partial charge in [-0.15, -0.1) is 11.6 Å². The van der Waals surface area contributed by atoms with Crippen molar-refractivity contribution >= 4 is 23.2 Å². The summed E-state index contributed by atoms with van der Waals surface area (Å²) < 4.78 is 0. The van der Waals surface area contributed by atoms with Crippen LogP contribution in [0.2, 0.25) is 5.02 Å². The van der Waals surface area contributed by atoms with E-state index >= 15 is 0 Å². The van der Waals surface area contributed by atoms with Crippen molar-refractivity contribution in [3.8, 4) is 0 Å². The predicted octanol–water partition coefficient (Wildman–Crippen LogP) is 5.60. The van der Waals surface area contributed by atoms with E-state index in [1.54, 1.807) is 0 Å². The maximum absolute atomic E-state index is 6.32. The Bertz CT molecular complexity index is 575. The third kappa shape index (κ3) is 4.26. The lowest BCUT2D eigenvalue weighted by Crippen LogP contribution is -2.10. The lowest BCUT2D eigenvalue weighted by molar-refractivity contribution is 0.584. The molecule has 0 fully saturated rings. The summed E-state index contributed by atoms with van der Waals surface area (Å²) in [4.78, 5) is 0. The molecule has 0 radical (unpaired) electrons. The normalized spacial score (nSPS) is 12.4. The fourth-order valence-electron chi connectivity index (χ4n) is 2.48. The van der Waals surface area contributed by atoms with Crippen LogP contribution in [0.3, 0.4) is 0 Å². The standard InChI is InChI=1S/C18H20Cl2/c1-13-4-3-5-15(8-13)10-16(12-19)11-17-7-6-14(2)9-18(17)20/h3-9,16H,10-12H2,1-2H3. The molecule has 0 spiro atoms.